The highest BCUT2D eigenvalue weighted by Gasteiger charge is 2.12. The van der Waals surface area contributed by atoms with Crippen LogP contribution in [-0.2, 0) is 11.2 Å². The Bertz CT molecular complexity index is 406. The van der Waals surface area contributed by atoms with Crippen LogP contribution in [0.2, 0.25) is 0 Å². The van der Waals surface area contributed by atoms with Crippen LogP contribution in [0.3, 0.4) is 0 Å². The van der Waals surface area contributed by atoms with E-state index in [1.54, 1.807) is 6.07 Å². The van der Waals surface area contributed by atoms with Crippen LogP contribution in [0.4, 0.5) is 0 Å². The number of pyridine rings is 1. The molecular weight excluding hydrogens is 182 g/mol. The molecule has 1 aromatic rings. The highest BCUT2D eigenvalue weighted by atomic mass is 16.5. The third-order valence-corrected chi connectivity index (χ3v) is 2.10. The van der Waals surface area contributed by atoms with E-state index in [2.05, 4.69) is 9.72 Å². The Kier molecular flexibility index (Phi) is 3.06. The molecule has 4 heteroatoms. The lowest BCUT2D eigenvalue weighted by atomic mass is 10.1. The fourth-order valence-electron chi connectivity index (χ4n) is 1.30. The van der Waals surface area contributed by atoms with Gasteiger partial charge in [0.25, 0.3) is 5.56 Å². The number of carbonyl (C=O) groups is 1. The molecule has 4 nitrogen and oxygen atoms in total. The van der Waals surface area contributed by atoms with Gasteiger partial charge in [-0.15, -0.1) is 0 Å². The monoisotopic (exact) mass is 195 g/mol. The first-order valence-electron chi connectivity index (χ1n) is 4.41. The Morgan fingerprint density at radius 3 is 2.71 bits per heavy atom. The van der Waals surface area contributed by atoms with Crippen molar-refractivity contribution in [2.45, 2.75) is 20.3 Å². The molecule has 76 valence electrons. The zero-order chi connectivity index (χ0) is 10.7. The van der Waals surface area contributed by atoms with Gasteiger partial charge in [0.15, 0.2) is 0 Å². The molecule has 1 aromatic heterocycles. The van der Waals surface area contributed by atoms with Gasteiger partial charge in [0, 0.05) is 5.69 Å². The number of esters is 1. The lowest BCUT2D eigenvalue weighted by Crippen LogP contribution is -2.20. The first-order chi connectivity index (χ1) is 6.60. The minimum absolute atomic E-state index is 0.0576. The summed E-state index contributed by atoms with van der Waals surface area (Å²) < 4.78 is 4.49. The molecular formula is C10H13NO3. The van der Waals surface area contributed by atoms with Crippen molar-refractivity contribution in [3.63, 3.8) is 0 Å². The van der Waals surface area contributed by atoms with Crippen molar-refractivity contribution >= 4 is 5.97 Å². The predicted molar refractivity (Wildman–Crippen MR) is 52.5 cm³/mol. The van der Waals surface area contributed by atoms with Crippen LogP contribution in [0, 0.1) is 6.92 Å². The smallest absolute Gasteiger partial charge is 0.343 e. The molecule has 0 spiro atoms. The van der Waals surface area contributed by atoms with E-state index in [0.717, 1.165) is 17.7 Å². The van der Waals surface area contributed by atoms with E-state index in [9.17, 15) is 9.59 Å². The SMILES string of the molecule is CCc1[nH]c(=O)c(C(=O)OC)cc1C. The van der Waals surface area contributed by atoms with Gasteiger partial charge >= 0.3 is 5.97 Å². The van der Waals surface area contributed by atoms with Crippen LogP contribution in [-0.4, -0.2) is 18.1 Å². The normalized spacial score (nSPS) is 9.93. The van der Waals surface area contributed by atoms with Gasteiger partial charge in [-0.2, -0.15) is 0 Å². The lowest BCUT2D eigenvalue weighted by Gasteiger charge is -2.04. The summed E-state index contributed by atoms with van der Waals surface area (Å²) in [5.74, 6) is -0.600. The second-order valence-corrected chi connectivity index (χ2v) is 3.02. The molecule has 0 fully saturated rings. The van der Waals surface area contributed by atoms with E-state index in [-0.39, 0.29) is 11.1 Å². The number of hydrogen-bond donors (Lipinski definition) is 1. The van der Waals surface area contributed by atoms with Gasteiger partial charge in [-0.1, -0.05) is 6.92 Å². The molecule has 0 radical (unpaired) electrons. The zero-order valence-corrected chi connectivity index (χ0v) is 8.51. The van der Waals surface area contributed by atoms with E-state index >= 15 is 0 Å². The summed E-state index contributed by atoms with van der Waals surface area (Å²) in [5.41, 5.74) is 1.41. The van der Waals surface area contributed by atoms with Crippen molar-refractivity contribution in [1.29, 1.82) is 0 Å². The summed E-state index contributed by atoms with van der Waals surface area (Å²) in [6, 6.07) is 1.56. The number of aromatic amines is 1. The van der Waals surface area contributed by atoms with Gasteiger partial charge in [-0.3, -0.25) is 4.79 Å². The zero-order valence-electron chi connectivity index (χ0n) is 8.51. The van der Waals surface area contributed by atoms with Crippen molar-refractivity contribution in [2.75, 3.05) is 7.11 Å². The predicted octanol–water partition coefficient (Wildman–Crippen LogP) is 1.03. The minimum atomic E-state index is -0.600. The van der Waals surface area contributed by atoms with Gasteiger partial charge in [0.1, 0.15) is 5.56 Å². The van der Waals surface area contributed by atoms with Gasteiger partial charge in [0.05, 0.1) is 7.11 Å². The van der Waals surface area contributed by atoms with Gasteiger partial charge in [-0.25, -0.2) is 4.79 Å². The Morgan fingerprint density at radius 1 is 1.57 bits per heavy atom. The Labute approximate surface area is 81.9 Å². The number of aryl methyl sites for hydroxylation is 2. The summed E-state index contributed by atoms with van der Waals surface area (Å²) in [7, 11) is 1.25. The third-order valence-electron chi connectivity index (χ3n) is 2.10. The Hall–Kier alpha value is -1.58. The molecule has 1 heterocycles. The second kappa shape index (κ2) is 4.09. The summed E-state index contributed by atoms with van der Waals surface area (Å²) in [6.45, 7) is 3.79. The molecule has 0 unspecified atom stereocenters. The number of carbonyl (C=O) groups excluding carboxylic acids is 1. The van der Waals surface area contributed by atoms with Gasteiger partial charge in [-0.05, 0) is 25.0 Å². The molecule has 0 aliphatic rings. The lowest BCUT2D eigenvalue weighted by molar-refractivity contribution is 0.0598. The molecule has 0 bridgehead atoms. The van der Waals surface area contributed by atoms with E-state index in [4.69, 9.17) is 0 Å². The Balaban J connectivity index is 3.29. The van der Waals surface area contributed by atoms with Crippen molar-refractivity contribution < 1.29 is 9.53 Å². The Morgan fingerprint density at radius 2 is 2.21 bits per heavy atom. The number of aromatic nitrogens is 1. The van der Waals surface area contributed by atoms with Crippen LogP contribution in [0.5, 0.6) is 0 Å². The summed E-state index contributed by atoms with van der Waals surface area (Å²) in [4.78, 5) is 25.2. The first kappa shape index (κ1) is 10.5. The van der Waals surface area contributed by atoms with Gasteiger partial charge < -0.3 is 9.72 Å². The number of methoxy groups -OCH3 is 1. The number of H-pyrrole nitrogens is 1. The molecule has 0 aromatic carbocycles. The molecule has 0 atom stereocenters. The molecule has 0 aliphatic carbocycles. The average Bonchev–Trinajstić information content (AvgIpc) is 2.19. The van der Waals surface area contributed by atoms with Gasteiger partial charge in [0.2, 0.25) is 0 Å². The largest absolute Gasteiger partial charge is 0.465 e. The van der Waals surface area contributed by atoms with Crippen LogP contribution in [0.15, 0.2) is 10.9 Å². The maximum atomic E-state index is 11.4. The average molecular weight is 195 g/mol. The van der Waals surface area contributed by atoms with Crippen LogP contribution in [0.1, 0.15) is 28.5 Å². The van der Waals surface area contributed by atoms with Crippen molar-refractivity contribution in [3.05, 3.63) is 33.2 Å². The standard InChI is InChI=1S/C10H13NO3/c1-4-8-6(2)5-7(9(12)11-8)10(13)14-3/h5H,4H2,1-3H3,(H,11,12). The molecule has 0 aliphatic heterocycles. The van der Waals surface area contributed by atoms with E-state index in [0.29, 0.717) is 0 Å². The third kappa shape index (κ3) is 1.84. The number of ether oxygens (including phenoxy) is 1. The molecule has 1 rings (SSSR count). The maximum absolute atomic E-state index is 11.4. The van der Waals surface area contributed by atoms with Crippen LogP contribution < -0.4 is 5.56 Å². The number of rotatable bonds is 2. The molecule has 1 N–H and O–H groups in total. The molecule has 0 amide bonds. The molecule has 0 saturated heterocycles. The fourth-order valence-corrected chi connectivity index (χ4v) is 1.30. The van der Waals surface area contributed by atoms with Crippen molar-refractivity contribution in [2.24, 2.45) is 0 Å². The minimum Gasteiger partial charge on any atom is -0.465 e. The van der Waals surface area contributed by atoms with Crippen LogP contribution in [0.25, 0.3) is 0 Å². The second-order valence-electron chi connectivity index (χ2n) is 3.02. The van der Waals surface area contributed by atoms with Crippen molar-refractivity contribution in [3.8, 4) is 0 Å². The van der Waals surface area contributed by atoms with E-state index in [1.165, 1.54) is 7.11 Å². The highest BCUT2D eigenvalue weighted by molar-refractivity contribution is 5.89. The van der Waals surface area contributed by atoms with E-state index in [1.807, 2.05) is 13.8 Å². The highest BCUT2D eigenvalue weighted by Crippen LogP contribution is 2.05. The van der Waals surface area contributed by atoms with E-state index < -0.39 is 5.97 Å². The quantitative estimate of drug-likeness (QED) is 0.717. The topological polar surface area (TPSA) is 59.2 Å². The van der Waals surface area contributed by atoms with Crippen LogP contribution >= 0.6 is 0 Å². The fraction of sp³-hybridized carbons (Fsp3) is 0.400. The summed E-state index contributed by atoms with van der Waals surface area (Å²) >= 11 is 0. The summed E-state index contributed by atoms with van der Waals surface area (Å²) in [5, 5.41) is 0. The van der Waals surface area contributed by atoms with Crippen molar-refractivity contribution in [1.82, 2.24) is 4.98 Å². The molecule has 14 heavy (non-hydrogen) atoms. The summed E-state index contributed by atoms with van der Waals surface area (Å²) in [6.07, 6.45) is 0.739. The molecule has 0 saturated carbocycles. The maximum Gasteiger partial charge on any atom is 0.343 e. The first-order valence-corrected chi connectivity index (χ1v) is 4.41. The number of hydrogen-bond acceptors (Lipinski definition) is 3. The number of nitrogens with one attached hydrogen (secondary N) is 1.